The predicted molar refractivity (Wildman–Crippen MR) is 103 cm³/mol. The number of anilines is 1. The van der Waals surface area contributed by atoms with Crippen LogP contribution in [-0.2, 0) is 0 Å². The SMILES string of the molecule is CCNc1ncc(C(=O)N(CC#Cc2ccccc2)C2CCCC2)cn1. The maximum atomic E-state index is 13.0. The molecule has 0 bridgehead atoms. The molecular formula is C21H24N4O. The first-order chi connectivity index (χ1) is 12.8. The van der Waals surface area contributed by atoms with Gasteiger partial charge < -0.3 is 10.2 Å². The molecule has 0 saturated heterocycles. The van der Waals surface area contributed by atoms with Crippen molar-refractivity contribution in [2.45, 2.75) is 38.6 Å². The van der Waals surface area contributed by atoms with Gasteiger partial charge in [0.15, 0.2) is 0 Å². The molecule has 0 spiro atoms. The van der Waals surface area contributed by atoms with Crippen LogP contribution in [0, 0.1) is 11.8 Å². The summed E-state index contributed by atoms with van der Waals surface area (Å²) in [6.45, 7) is 3.15. The minimum absolute atomic E-state index is 0.0395. The Morgan fingerprint density at radius 2 is 1.88 bits per heavy atom. The number of benzene rings is 1. The smallest absolute Gasteiger partial charge is 0.258 e. The Morgan fingerprint density at radius 1 is 1.19 bits per heavy atom. The van der Waals surface area contributed by atoms with E-state index in [0.29, 0.717) is 18.1 Å². The van der Waals surface area contributed by atoms with Crippen LogP contribution >= 0.6 is 0 Å². The highest BCUT2D eigenvalue weighted by Gasteiger charge is 2.27. The van der Waals surface area contributed by atoms with Crippen molar-refractivity contribution in [3.05, 3.63) is 53.9 Å². The summed E-state index contributed by atoms with van der Waals surface area (Å²) in [6, 6.07) is 10.1. The van der Waals surface area contributed by atoms with E-state index >= 15 is 0 Å². The third-order valence-electron chi connectivity index (χ3n) is 4.52. The molecule has 1 aromatic heterocycles. The fourth-order valence-corrected chi connectivity index (χ4v) is 3.18. The van der Waals surface area contributed by atoms with E-state index in [4.69, 9.17) is 0 Å². The zero-order valence-electron chi connectivity index (χ0n) is 15.1. The minimum atomic E-state index is -0.0395. The van der Waals surface area contributed by atoms with Crippen molar-refractivity contribution < 1.29 is 4.79 Å². The largest absolute Gasteiger partial charge is 0.355 e. The van der Waals surface area contributed by atoms with Crippen molar-refractivity contribution in [2.75, 3.05) is 18.4 Å². The molecule has 26 heavy (non-hydrogen) atoms. The molecule has 1 aliphatic rings. The summed E-state index contributed by atoms with van der Waals surface area (Å²) in [7, 11) is 0. The molecule has 1 fully saturated rings. The molecule has 134 valence electrons. The Kier molecular flexibility index (Phi) is 6.21. The van der Waals surface area contributed by atoms with E-state index in [2.05, 4.69) is 27.1 Å². The molecule has 0 unspecified atom stereocenters. The quantitative estimate of drug-likeness (QED) is 0.842. The molecular weight excluding hydrogens is 324 g/mol. The molecule has 5 heteroatoms. The number of carbonyl (C=O) groups excluding carboxylic acids is 1. The topological polar surface area (TPSA) is 58.1 Å². The summed E-state index contributed by atoms with van der Waals surface area (Å²) in [6.07, 6.45) is 7.59. The first-order valence-corrected chi connectivity index (χ1v) is 9.18. The zero-order chi connectivity index (χ0) is 18.2. The molecule has 1 amide bonds. The van der Waals surface area contributed by atoms with Gasteiger partial charge in [0.25, 0.3) is 5.91 Å². The highest BCUT2D eigenvalue weighted by molar-refractivity contribution is 5.94. The lowest BCUT2D eigenvalue weighted by molar-refractivity contribution is 0.0709. The molecule has 1 aliphatic carbocycles. The van der Waals surface area contributed by atoms with Gasteiger partial charge in [-0.05, 0) is 31.9 Å². The van der Waals surface area contributed by atoms with Gasteiger partial charge in [0, 0.05) is 30.5 Å². The number of rotatable bonds is 5. The van der Waals surface area contributed by atoms with E-state index in [9.17, 15) is 4.79 Å². The Balaban J connectivity index is 1.75. The van der Waals surface area contributed by atoms with Gasteiger partial charge >= 0.3 is 0 Å². The molecule has 1 heterocycles. The summed E-state index contributed by atoms with van der Waals surface area (Å²) < 4.78 is 0. The second kappa shape index (κ2) is 9.00. The average molecular weight is 348 g/mol. The average Bonchev–Trinajstić information content (AvgIpc) is 3.21. The van der Waals surface area contributed by atoms with Crippen LogP contribution in [0.4, 0.5) is 5.95 Å². The molecule has 3 rings (SSSR count). The maximum absolute atomic E-state index is 13.0. The summed E-state index contributed by atoms with van der Waals surface area (Å²) in [5, 5.41) is 3.04. The second-order valence-electron chi connectivity index (χ2n) is 6.36. The van der Waals surface area contributed by atoms with Crippen molar-refractivity contribution in [3.8, 4) is 11.8 Å². The van der Waals surface area contributed by atoms with Crippen LogP contribution < -0.4 is 5.32 Å². The lowest BCUT2D eigenvalue weighted by atomic mass is 10.1. The minimum Gasteiger partial charge on any atom is -0.355 e. The van der Waals surface area contributed by atoms with Crippen molar-refractivity contribution in [1.29, 1.82) is 0 Å². The highest BCUT2D eigenvalue weighted by atomic mass is 16.2. The van der Waals surface area contributed by atoms with Crippen LogP contribution in [0.2, 0.25) is 0 Å². The fraction of sp³-hybridized carbons (Fsp3) is 0.381. The van der Waals surface area contributed by atoms with Gasteiger partial charge in [0.1, 0.15) is 0 Å². The van der Waals surface area contributed by atoms with Gasteiger partial charge in [-0.15, -0.1) is 0 Å². The first-order valence-electron chi connectivity index (χ1n) is 9.18. The van der Waals surface area contributed by atoms with Crippen molar-refractivity contribution in [3.63, 3.8) is 0 Å². The van der Waals surface area contributed by atoms with Crippen LogP contribution in [0.15, 0.2) is 42.7 Å². The number of aromatic nitrogens is 2. The number of nitrogens with one attached hydrogen (secondary N) is 1. The van der Waals surface area contributed by atoms with E-state index < -0.39 is 0 Å². The van der Waals surface area contributed by atoms with Gasteiger partial charge in [-0.1, -0.05) is 42.9 Å². The number of hydrogen-bond acceptors (Lipinski definition) is 4. The molecule has 0 radical (unpaired) electrons. The number of nitrogens with zero attached hydrogens (tertiary/aromatic N) is 3. The molecule has 1 N–H and O–H groups in total. The standard InChI is InChI=1S/C21H24N4O/c1-2-22-21-23-15-18(16-24-21)20(26)25(19-12-6-7-13-19)14-8-11-17-9-4-3-5-10-17/h3-5,9-10,15-16,19H,2,6-7,12-14H2,1H3,(H,22,23,24). The fourth-order valence-electron chi connectivity index (χ4n) is 3.18. The second-order valence-corrected chi connectivity index (χ2v) is 6.36. The van der Waals surface area contributed by atoms with Crippen LogP contribution in [-0.4, -0.2) is 39.9 Å². The van der Waals surface area contributed by atoms with E-state index in [-0.39, 0.29) is 11.9 Å². The molecule has 2 aromatic rings. The van der Waals surface area contributed by atoms with E-state index in [0.717, 1.165) is 37.8 Å². The molecule has 1 aromatic carbocycles. The third-order valence-corrected chi connectivity index (χ3v) is 4.52. The van der Waals surface area contributed by atoms with Crippen LogP contribution in [0.25, 0.3) is 0 Å². The molecule has 0 aliphatic heterocycles. The third kappa shape index (κ3) is 4.60. The van der Waals surface area contributed by atoms with Crippen LogP contribution in [0.3, 0.4) is 0 Å². The van der Waals surface area contributed by atoms with Gasteiger partial charge in [0.2, 0.25) is 5.95 Å². The highest BCUT2D eigenvalue weighted by Crippen LogP contribution is 2.24. The Bertz CT molecular complexity index is 771. The lowest BCUT2D eigenvalue weighted by Crippen LogP contribution is -2.39. The monoisotopic (exact) mass is 348 g/mol. The normalized spacial score (nSPS) is 13.7. The maximum Gasteiger partial charge on any atom is 0.258 e. The van der Waals surface area contributed by atoms with Crippen molar-refractivity contribution in [1.82, 2.24) is 14.9 Å². The number of amides is 1. The van der Waals surface area contributed by atoms with Gasteiger partial charge in [-0.3, -0.25) is 4.79 Å². The van der Waals surface area contributed by atoms with Gasteiger partial charge in [-0.2, -0.15) is 0 Å². The summed E-state index contributed by atoms with van der Waals surface area (Å²) >= 11 is 0. The Morgan fingerprint density at radius 3 is 2.54 bits per heavy atom. The zero-order valence-corrected chi connectivity index (χ0v) is 15.1. The lowest BCUT2D eigenvalue weighted by Gasteiger charge is -2.27. The summed E-state index contributed by atoms with van der Waals surface area (Å²) in [5.74, 6) is 6.81. The predicted octanol–water partition coefficient (Wildman–Crippen LogP) is 3.34. The van der Waals surface area contributed by atoms with Crippen LogP contribution in [0.5, 0.6) is 0 Å². The molecule has 1 saturated carbocycles. The number of hydrogen-bond donors (Lipinski definition) is 1. The van der Waals surface area contributed by atoms with E-state index in [1.165, 1.54) is 0 Å². The van der Waals surface area contributed by atoms with Crippen molar-refractivity contribution in [2.24, 2.45) is 0 Å². The Labute approximate surface area is 154 Å². The first kappa shape index (κ1) is 17.9. The Hall–Kier alpha value is -2.87. The summed E-state index contributed by atoms with van der Waals surface area (Å²) in [5.41, 5.74) is 1.48. The van der Waals surface area contributed by atoms with Crippen LogP contribution in [0.1, 0.15) is 48.5 Å². The van der Waals surface area contributed by atoms with E-state index in [1.807, 2.05) is 42.2 Å². The van der Waals surface area contributed by atoms with E-state index in [1.54, 1.807) is 12.4 Å². The number of carbonyl (C=O) groups is 1. The van der Waals surface area contributed by atoms with Crippen molar-refractivity contribution >= 4 is 11.9 Å². The summed E-state index contributed by atoms with van der Waals surface area (Å²) in [4.78, 5) is 23.3. The molecule has 0 atom stereocenters. The van der Waals surface area contributed by atoms with Gasteiger partial charge in [-0.25, -0.2) is 9.97 Å². The molecule has 5 nitrogen and oxygen atoms in total. The van der Waals surface area contributed by atoms with Gasteiger partial charge in [0.05, 0.1) is 12.1 Å².